The van der Waals surface area contributed by atoms with Gasteiger partial charge in [0.05, 0.1) is 4.90 Å². The van der Waals surface area contributed by atoms with E-state index in [2.05, 4.69) is 10.0 Å². The number of sulfone groups is 1. The van der Waals surface area contributed by atoms with Gasteiger partial charge in [-0.2, -0.15) is 0 Å². The molecule has 6 nitrogen and oxygen atoms in total. The number of hydrogen-bond acceptors (Lipinski definition) is 6. The van der Waals surface area contributed by atoms with Crippen molar-refractivity contribution in [3.8, 4) is 0 Å². The van der Waals surface area contributed by atoms with E-state index < -0.39 is 19.9 Å². The summed E-state index contributed by atoms with van der Waals surface area (Å²) < 4.78 is 49.6. The number of benzene rings is 1. The molecule has 0 aliphatic heterocycles. The zero-order valence-corrected chi connectivity index (χ0v) is 15.2. The lowest BCUT2D eigenvalue weighted by molar-refractivity contribution is 0.585. The maximum Gasteiger partial charge on any atom is 0.250 e. The molecule has 0 amide bonds. The van der Waals surface area contributed by atoms with Crippen molar-refractivity contribution in [2.24, 2.45) is 0 Å². The van der Waals surface area contributed by atoms with E-state index in [0.717, 1.165) is 16.8 Å². The van der Waals surface area contributed by atoms with Gasteiger partial charge < -0.3 is 5.32 Å². The third-order valence-electron chi connectivity index (χ3n) is 3.01. The lowest BCUT2D eigenvalue weighted by atomic mass is 10.3. The summed E-state index contributed by atoms with van der Waals surface area (Å²) in [6.07, 6.45) is 1.15. The van der Waals surface area contributed by atoms with E-state index in [1.165, 1.54) is 23.5 Å². The summed E-state index contributed by atoms with van der Waals surface area (Å²) in [6.45, 7) is 2.47. The molecule has 0 atom stereocenters. The summed E-state index contributed by atoms with van der Waals surface area (Å²) >= 11 is 1.23. The smallest absolute Gasteiger partial charge is 0.250 e. The van der Waals surface area contributed by atoms with E-state index in [4.69, 9.17) is 0 Å². The van der Waals surface area contributed by atoms with Gasteiger partial charge in [0.25, 0.3) is 0 Å². The number of aryl methyl sites for hydroxylation is 1. The molecule has 0 spiro atoms. The Balaban J connectivity index is 1.86. The fourth-order valence-corrected chi connectivity index (χ4v) is 4.83. The van der Waals surface area contributed by atoms with E-state index in [1.54, 1.807) is 24.3 Å². The zero-order chi connectivity index (χ0) is 17.1. The zero-order valence-electron chi connectivity index (χ0n) is 12.7. The summed E-state index contributed by atoms with van der Waals surface area (Å²) in [5.74, 6) is 0. The molecule has 0 aliphatic rings. The molecule has 0 fully saturated rings. The average molecular weight is 375 g/mol. The Morgan fingerprint density at radius 3 is 2.13 bits per heavy atom. The summed E-state index contributed by atoms with van der Waals surface area (Å²) in [5, 5.41) is 3.03. The molecule has 0 radical (unpaired) electrons. The van der Waals surface area contributed by atoms with Crippen LogP contribution >= 0.6 is 11.3 Å². The molecule has 1 heterocycles. The fourth-order valence-electron chi connectivity index (χ4n) is 1.84. The second kappa shape index (κ2) is 7.00. The molecule has 2 rings (SSSR count). The molecule has 9 heteroatoms. The second-order valence-corrected chi connectivity index (χ2v) is 10.3. The van der Waals surface area contributed by atoms with E-state index in [0.29, 0.717) is 10.8 Å². The van der Waals surface area contributed by atoms with Crippen LogP contribution in [0.15, 0.2) is 45.5 Å². The van der Waals surface area contributed by atoms with Crippen molar-refractivity contribution in [1.82, 2.24) is 4.72 Å². The standard InChI is InChI=1S/C14H18N2O4S3/c1-11-3-8-14(21-11)23(19,20)16-10-9-15-12-4-6-13(7-5-12)22(2,17)18/h3-8,15-16H,9-10H2,1-2H3. The Morgan fingerprint density at radius 2 is 1.61 bits per heavy atom. The topological polar surface area (TPSA) is 92.3 Å². The van der Waals surface area contributed by atoms with Crippen molar-refractivity contribution >= 4 is 36.9 Å². The van der Waals surface area contributed by atoms with Crippen LogP contribution in [0.4, 0.5) is 5.69 Å². The van der Waals surface area contributed by atoms with Crippen molar-refractivity contribution in [3.63, 3.8) is 0 Å². The van der Waals surface area contributed by atoms with Gasteiger partial charge in [-0.25, -0.2) is 21.6 Å². The predicted octanol–water partition coefficient (Wildman–Crippen LogP) is 1.85. The van der Waals surface area contributed by atoms with Crippen LogP contribution in [0.25, 0.3) is 0 Å². The molecule has 2 N–H and O–H groups in total. The quantitative estimate of drug-likeness (QED) is 0.722. The summed E-state index contributed by atoms with van der Waals surface area (Å²) in [4.78, 5) is 1.19. The first-order valence-corrected chi connectivity index (χ1v) is 11.0. The van der Waals surface area contributed by atoms with Gasteiger partial charge in [-0.3, -0.25) is 0 Å². The number of sulfonamides is 1. The SMILES string of the molecule is Cc1ccc(S(=O)(=O)NCCNc2ccc(S(C)(=O)=O)cc2)s1. The minimum atomic E-state index is -3.47. The number of anilines is 1. The maximum atomic E-state index is 12.0. The molecule has 0 bridgehead atoms. The Kier molecular flexibility index (Phi) is 5.45. The first-order chi connectivity index (χ1) is 10.7. The largest absolute Gasteiger partial charge is 0.384 e. The Morgan fingerprint density at radius 1 is 0.957 bits per heavy atom. The van der Waals surface area contributed by atoms with E-state index in [9.17, 15) is 16.8 Å². The average Bonchev–Trinajstić information content (AvgIpc) is 2.91. The molecule has 0 saturated heterocycles. The van der Waals surface area contributed by atoms with Gasteiger partial charge in [0.15, 0.2) is 9.84 Å². The third kappa shape index (κ3) is 5.03. The Hall–Kier alpha value is -1.42. The normalized spacial score (nSPS) is 12.3. The summed E-state index contributed by atoms with van der Waals surface area (Å²) in [5.41, 5.74) is 0.726. The van der Waals surface area contributed by atoms with Gasteiger partial charge in [-0.15, -0.1) is 11.3 Å². The van der Waals surface area contributed by atoms with Gasteiger partial charge in [-0.1, -0.05) is 0 Å². The number of thiophene rings is 1. The van der Waals surface area contributed by atoms with Crippen LogP contribution in [0.3, 0.4) is 0 Å². The first kappa shape index (κ1) is 17.9. The molecule has 2 aromatic rings. The molecule has 126 valence electrons. The first-order valence-electron chi connectivity index (χ1n) is 6.78. The van der Waals surface area contributed by atoms with Crippen molar-refractivity contribution in [1.29, 1.82) is 0 Å². The van der Waals surface area contributed by atoms with Crippen molar-refractivity contribution in [2.75, 3.05) is 24.7 Å². The van der Waals surface area contributed by atoms with Crippen molar-refractivity contribution in [2.45, 2.75) is 16.0 Å². The number of nitrogens with one attached hydrogen (secondary N) is 2. The highest BCUT2D eigenvalue weighted by Crippen LogP contribution is 2.20. The molecule has 23 heavy (non-hydrogen) atoms. The van der Waals surface area contributed by atoms with Gasteiger partial charge in [0, 0.05) is 29.9 Å². The highest BCUT2D eigenvalue weighted by atomic mass is 32.2. The molecule has 0 aliphatic carbocycles. The lowest BCUT2D eigenvalue weighted by Gasteiger charge is -2.08. The molecule has 1 aromatic carbocycles. The van der Waals surface area contributed by atoms with Crippen LogP contribution in [0.2, 0.25) is 0 Å². The maximum absolute atomic E-state index is 12.0. The van der Waals surface area contributed by atoms with Crippen LogP contribution in [0, 0.1) is 6.92 Å². The molecular weight excluding hydrogens is 356 g/mol. The number of rotatable bonds is 7. The van der Waals surface area contributed by atoms with Gasteiger partial charge in [-0.05, 0) is 43.3 Å². The lowest BCUT2D eigenvalue weighted by Crippen LogP contribution is -2.28. The second-order valence-electron chi connectivity index (χ2n) is 4.99. The minimum absolute atomic E-state index is 0.229. The number of hydrogen-bond donors (Lipinski definition) is 2. The van der Waals surface area contributed by atoms with Crippen molar-refractivity contribution < 1.29 is 16.8 Å². The summed E-state index contributed by atoms with van der Waals surface area (Å²) in [7, 11) is -6.68. The highest BCUT2D eigenvalue weighted by Gasteiger charge is 2.15. The summed E-state index contributed by atoms with van der Waals surface area (Å²) in [6, 6.07) is 9.66. The molecule has 0 unspecified atom stereocenters. The fraction of sp³-hybridized carbons (Fsp3) is 0.286. The molecule has 1 aromatic heterocycles. The van der Waals surface area contributed by atoms with Gasteiger partial charge >= 0.3 is 0 Å². The molecular formula is C14H18N2O4S3. The van der Waals surface area contributed by atoms with E-state index >= 15 is 0 Å². The van der Waals surface area contributed by atoms with E-state index in [1.807, 2.05) is 6.92 Å². The van der Waals surface area contributed by atoms with Crippen LogP contribution in [0.5, 0.6) is 0 Å². The monoisotopic (exact) mass is 374 g/mol. The van der Waals surface area contributed by atoms with E-state index in [-0.39, 0.29) is 11.4 Å². The minimum Gasteiger partial charge on any atom is -0.384 e. The van der Waals surface area contributed by atoms with Crippen LogP contribution in [0.1, 0.15) is 4.88 Å². The predicted molar refractivity (Wildman–Crippen MR) is 92.3 cm³/mol. The van der Waals surface area contributed by atoms with Crippen molar-refractivity contribution in [3.05, 3.63) is 41.3 Å². The Labute approximate surface area is 140 Å². The van der Waals surface area contributed by atoms with Gasteiger partial charge in [0.1, 0.15) is 4.21 Å². The van der Waals surface area contributed by atoms with Gasteiger partial charge in [0.2, 0.25) is 10.0 Å². The highest BCUT2D eigenvalue weighted by molar-refractivity contribution is 7.91. The van der Waals surface area contributed by atoms with Crippen LogP contribution in [-0.2, 0) is 19.9 Å². The third-order valence-corrected chi connectivity index (χ3v) is 7.09. The molecule has 0 saturated carbocycles. The van der Waals surface area contributed by atoms with Crippen LogP contribution in [-0.4, -0.2) is 36.2 Å². The van der Waals surface area contributed by atoms with Crippen LogP contribution < -0.4 is 10.0 Å². The Bertz CT molecular complexity index is 869.